The molecule has 4 rings (SSSR count). The summed E-state index contributed by atoms with van der Waals surface area (Å²) in [6.07, 6.45) is -0.601. The van der Waals surface area contributed by atoms with Gasteiger partial charge in [-0.15, -0.1) is 0 Å². The Hall–Kier alpha value is -4.00. The minimum Gasteiger partial charge on any atom is -0.497 e. The molecule has 0 bridgehead atoms. The zero-order valence-electron chi connectivity index (χ0n) is 17.9. The SMILES string of the molecule is COc1cccc(C(=O)Nc2ccc3c(c2)N(CCOc2ccccc2)C(=O)C(C)O3)c1. The Labute approximate surface area is 186 Å². The molecule has 0 saturated heterocycles. The molecule has 32 heavy (non-hydrogen) atoms. The third kappa shape index (κ3) is 4.67. The van der Waals surface area contributed by atoms with Crippen LogP contribution < -0.4 is 24.4 Å². The molecule has 3 aromatic carbocycles. The molecule has 0 saturated carbocycles. The Bertz CT molecular complexity index is 1120. The number of para-hydroxylation sites is 1. The average molecular weight is 432 g/mol. The van der Waals surface area contributed by atoms with Crippen molar-refractivity contribution in [2.45, 2.75) is 13.0 Å². The lowest BCUT2D eigenvalue weighted by molar-refractivity contribution is -0.125. The lowest BCUT2D eigenvalue weighted by Gasteiger charge is -2.33. The number of nitrogens with one attached hydrogen (secondary N) is 1. The third-order valence-electron chi connectivity index (χ3n) is 5.08. The summed E-state index contributed by atoms with van der Waals surface area (Å²) in [5.41, 5.74) is 1.61. The Kier molecular flexibility index (Phi) is 6.26. The van der Waals surface area contributed by atoms with Crippen molar-refractivity contribution in [3.8, 4) is 17.2 Å². The minimum absolute atomic E-state index is 0.162. The van der Waals surface area contributed by atoms with Gasteiger partial charge in [-0.05, 0) is 55.5 Å². The maximum absolute atomic E-state index is 12.8. The summed E-state index contributed by atoms with van der Waals surface area (Å²) in [4.78, 5) is 27.1. The number of nitrogens with zero attached hydrogens (tertiary/aromatic N) is 1. The first kappa shape index (κ1) is 21.2. The average Bonchev–Trinajstić information content (AvgIpc) is 2.82. The van der Waals surface area contributed by atoms with Crippen LogP contribution in [0, 0.1) is 0 Å². The Morgan fingerprint density at radius 3 is 2.59 bits per heavy atom. The molecule has 1 heterocycles. The van der Waals surface area contributed by atoms with Crippen LogP contribution in [0.2, 0.25) is 0 Å². The number of amides is 2. The van der Waals surface area contributed by atoms with Gasteiger partial charge in [0.05, 0.1) is 19.3 Å². The molecule has 1 unspecified atom stereocenters. The fourth-order valence-electron chi connectivity index (χ4n) is 3.45. The number of ether oxygens (including phenoxy) is 3. The van der Waals surface area contributed by atoms with E-state index in [2.05, 4.69) is 5.32 Å². The van der Waals surface area contributed by atoms with E-state index in [1.54, 1.807) is 61.4 Å². The van der Waals surface area contributed by atoms with Crippen LogP contribution in [0.5, 0.6) is 17.2 Å². The van der Waals surface area contributed by atoms with E-state index in [0.717, 1.165) is 5.75 Å². The van der Waals surface area contributed by atoms with E-state index in [4.69, 9.17) is 14.2 Å². The van der Waals surface area contributed by atoms with E-state index >= 15 is 0 Å². The van der Waals surface area contributed by atoms with Crippen molar-refractivity contribution in [2.75, 3.05) is 30.5 Å². The van der Waals surface area contributed by atoms with Crippen molar-refractivity contribution in [1.29, 1.82) is 0 Å². The predicted molar refractivity (Wildman–Crippen MR) is 122 cm³/mol. The molecule has 7 nitrogen and oxygen atoms in total. The standard InChI is InChI=1S/C25H24N2O5/c1-17-25(29)27(13-14-31-20-8-4-3-5-9-20)22-16-19(11-12-23(22)32-17)26-24(28)18-7-6-10-21(15-18)30-2/h3-12,15-17H,13-14H2,1-2H3,(H,26,28). The molecule has 0 fully saturated rings. The van der Waals surface area contributed by atoms with E-state index < -0.39 is 6.10 Å². The van der Waals surface area contributed by atoms with Gasteiger partial charge < -0.3 is 24.4 Å². The largest absolute Gasteiger partial charge is 0.497 e. The summed E-state index contributed by atoms with van der Waals surface area (Å²) < 4.78 is 16.7. The number of hydrogen-bond donors (Lipinski definition) is 1. The highest BCUT2D eigenvalue weighted by atomic mass is 16.5. The van der Waals surface area contributed by atoms with Crippen LogP contribution in [0.1, 0.15) is 17.3 Å². The summed E-state index contributed by atoms with van der Waals surface area (Å²) in [6, 6.07) is 21.6. The van der Waals surface area contributed by atoms with Gasteiger partial charge >= 0.3 is 0 Å². The van der Waals surface area contributed by atoms with Crippen LogP contribution >= 0.6 is 0 Å². The van der Waals surface area contributed by atoms with Gasteiger partial charge in [-0.3, -0.25) is 9.59 Å². The first-order valence-electron chi connectivity index (χ1n) is 10.3. The summed E-state index contributed by atoms with van der Waals surface area (Å²) >= 11 is 0. The molecule has 0 radical (unpaired) electrons. The van der Waals surface area contributed by atoms with Crippen molar-refractivity contribution in [3.05, 3.63) is 78.4 Å². The molecule has 1 atom stereocenters. The van der Waals surface area contributed by atoms with Gasteiger partial charge in [0.1, 0.15) is 23.9 Å². The van der Waals surface area contributed by atoms with Gasteiger partial charge in [0.15, 0.2) is 6.10 Å². The van der Waals surface area contributed by atoms with E-state index in [1.807, 2.05) is 30.3 Å². The van der Waals surface area contributed by atoms with Gasteiger partial charge in [0.25, 0.3) is 11.8 Å². The maximum atomic E-state index is 12.8. The van der Waals surface area contributed by atoms with Gasteiger partial charge in [0, 0.05) is 11.3 Å². The van der Waals surface area contributed by atoms with Crippen LogP contribution in [0.15, 0.2) is 72.8 Å². The molecule has 1 aliphatic heterocycles. The summed E-state index contributed by atoms with van der Waals surface area (Å²) in [5.74, 6) is 1.47. The first-order chi connectivity index (χ1) is 15.5. The quantitative estimate of drug-likeness (QED) is 0.607. The second-order valence-electron chi connectivity index (χ2n) is 7.28. The number of rotatable bonds is 7. The smallest absolute Gasteiger partial charge is 0.267 e. The van der Waals surface area contributed by atoms with Crippen LogP contribution in [0.25, 0.3) is 0 Å². The number of fused-ring (bicyclic) bond motifs is 1. The summed E-state index contributed by atoms with van der Waals surface area (Å²) in [6.45, 7) is 2.39. The van der Waals surface area contributed by atoms with Crippen LogP contribution in [-0.2, 0) is 4.79 Å². The van der Waals surface area contributed by atoms with Gasteiger partial charge in [-0.2, -0.15) is 0 Å². The van der Waals surface area contributed by atoms with Crippen LogP contribution in [0.3, 0.4) is 0 Å². The van der Waals surface area contributed by atoms with Crippen molar-refractivity contribution in [2.24, 2.45) is 0 Å². The highest BCUT2D eigenvalue weighted by Gasteiger charge is 2.31. The van der Waals surface area contributed by atoms with Gasteiger partial charge in [-0.25, -0.2) is 0 Å². The molecule has 164 valence electrons. The zero-order valence-corrected chi connectivity index (χ0v) is 17.9. The van der Waals surface area contributed by atoms with Crippen molar-refractivity contribution >= 4 is 23.2 Å². The number of carbonyl (C=O) groups is 2. The summed E-state index contributed by atoms with van der Waals surface area (Å²) in [7, 11) is 1.55. The topological polar surface area (TPSA) is 77.1 Å². The van der Waals surface area contributed by atoms with Crippen LogP contribution in [0.4, 0.5) is 11.4 Å². The molecule has 3 aromatic rings. The molecule has 1 N–H and O–H groups in total. The number of anilines is 2. The van der Waals surface area contributed by atoms with E-state index in [0.29, 0.717) is 41.6 Å². The van der Waals surface area contributed by atoms with E-state index in [9.17, 15) is 9.59 Å². The Balaban J connectivity index is 1.51. The lowest BCUT2D eigenvalue weighted by atomic mass is 10.1. The molecule has 7 heteroatoms. The molecular formula is C25H24N2O5. The van der Waals surface area contributed by atoms with Gasteiger partial charge in [-0.1, -0.05) is 24.3 Å². The van der Waals surface area contributed by atoms with Crippen molar-refractivity contribution in [3.63, 3.8) is 0 Å². The number of hydrogen-bond acceptors (Lipinski definition) is 5. The fourth-order valence-corrected chi connectivity index (χ4v) is 3.45. The number of methoxy groups -OCH3 is 1. The van der Waals surface area contributed by atoms with Crippen molar-refractivity contribution < 1.29 is 23.8 Å². The molecule has 1 aliphatic rings. The third-order valence-corrected chi connectivity index (χ3v) is 5.08. The number of carbonyl (C=O) groups excluding carboxylic acids is 2. The molecular weight excluding hydrogens is 408 g/mol. The second kappa shape index (κ2) is 9.43. The number of benzene rings is 3. The maximum Gasteiger partial charge on any atom is 0.267 e. The van der Waals surface area contributed by atoms with E-state index in [-0.39, 0.29) is 11.8 Å². The highest BCUT2D eigenvalue weighted by Crippen LogP contribution is 2.36. The molecule has 0 aromatic heterocycles. The Morgan fingerprint density at radius 1 is 1.03 bits per heavy atom. The Morgan fingerprint density at radius 2 is 1.81 bits per heavy atom. The minimum atomic E-state index is -0.601. The van der Waals surface area contributed by atoms with Gasteiger partial charge in [0.2, 0.25) is 0 Å². The second-order valence-corrected chi connectivity index (χ2v) is 7.28. The molecule has 2 amide bonds. The predicted octanol–water partition coefficient (Wildman–Crippen LogP) is 4.14. The van der Waals surface area contributed by atoms with Crippen LogP contribution in [-0.4, -0.2) is 38.2 Å². The molecule has 0 spiro atoms. The fraction of sp³-hybridized carbons (Fsp3) is 0.200. The molecule has 0 aliphatic carbocycles. The normalized spacial score (nSPS) is 14.9. The highest BCUT2D eigenvalue weighted by molar-refractivity contribution is 6.06. The van der Waals surface area contributed by atoms with E-state index in [1.165, 1.54) is 0 Å². The lowest BCUT2D eigenvalue weighted by Crippen LogP contribution is -2.46. The monoisotopic (exact) mass is 432 g/mol. The first-order valence-corrected chi connectivity index (χ1v) is 10.3. The van der Waals surface area contributed by atoms with Crippen molar-refractivity contribution in [1.82, 2.24) is 0 Å². The summed E-state index contributed by atoms with van der Waals surface area (Å²) in [5, 5.41) is 2.87. The zero-order chi connectivity index (χ0) is 22.5.